The Labute approximate surface area is 112 Å². The van der Waals surface area contributed by atoms with Crippen LogP contribution in [-0.4, -0.2) is 11.1 Å². The zero-order valence-electron chi connectivity index (χ0n) is 10.5. The van der Waals surface area contributed by atoms with Crippen LogP contribution in [0.1, 0.15) is 71.1 Å². The van der Waals surface area contributed by atoms with Crippen molar-refractivity contribution in [3.05, 3.63) is 0 Å². The van der Waals surface area contributed by atoms with Gasteiger partial charge in [-0.1, -0.05) is 58.3 Å². The monoisotopic (exact) mass is 285 g/mol. The fourth-order valence-corrected chi connectivity index (χ4v) is 2.23. The molecule has 96 valence electrons. The second kappa shape index (κ2) is 15.6. The van der Waals surface area contributed by atoms with Crippen molar-refractivity contribution in [1.29, 1.82) is 0 Å². The van der Waals surface area contributed by atoms with Crippen molar-refractivity contribution >= 4 is 8.03 Å². The van der Waals surface area contributed by atoms with Crippen LogP contribution in [0.4, 0.5) is 0 Å². The minimum atomic E-state index is -1.89. The number of hydrogen-bond donors (Lipinski definition) is 1. The van der Waals surface area contributed by atoms with Crippen molar-refractivity contribution in [2.75, 3.05) is 6.16 Å². The van der Waals surface area contributed by atoms with Crippen LogP contribution in [0.5, 0.6) is 0 Å². The molecule has 0 heterocycles. The summed E-state index contributed by atoms with van der Waals surface area (Å²) in [6.45, 7) is 2.24. The van der Waals surface area contributed by atoms with E-state index < -0.39 is 8.03 Å². The summed E-state index contributed by atoms with van der Waals surface area (Å²) in [5.74, 6) is 0. The summed E-state index contributed by atoms with van der Waals surface area (Å²) in [6.07, 6.45) is 13.2. The predicted octanol–water partition coefficient (Wildman–Crippen LogP) is 4.64. The average Bonchev–Trinajstić information content (AvgIpc) is 2.20. The molecule has 16 heavy (non-hydrogen) atoms. The Hall–Kier alpha value is 0.592. The molecule has 4 heteroatoms. The van der Waals surface area contributed by atoms with Crippen LogP contribution in [0.3, 0.4) is 0 Å². The molecule has 0 amide bonds. The van der Waals surface area contributed by atoms with Crippen molar-refractivity contribution in [3.63, 3.8) is 0 Å². The summed E-state index contributed by atoms with van der Waals surface area (Å²) in [5, 5.41) is 0. The molecule has 0 rings (SSSR count). The van der Waals surface area contributed by atoms with Crippen molar-refractivity contribution in [1.82, 2.24) is 0 Å². The molecule has 0 aromatic carbocycles. The van der Waals surface area contributed by atoms with Crippen LogP contribution in [-0.2, 0) is 21.9 Å². The van der Waals surface area contributed by atoms with E-state index in [-0.39, 0.29) is 17.4 Å². The summed E-state index contributed by atoms with van der Waals surface area (Å²) in [6, 6.07) is 0. The van der Waals surface area contributed by atoms with Gasteiger partial charge in [-0.15, -0.1) is 0 Å². The molecule has 0 aromatic heterocycles. The molecule has 0 aliphatic rings. The SMILES string of the molecule is CCCCCCCCCCCC[P+](=O)O.[Cr]. The van der Waals surface area contributed by atoms with E-state index in [1.807, 2.05) is 0 Å². The molecule has 0 saturated carbocycles. The van der Waals surface area contributed by atoms with Gasteiger partial charge in [0.15, 0.2) is 6.16 Å². The molecule has 0 fully saturated rings. The van der Waals surface area contributed by atoms with Gasteiger partial charge < -0.3 is 0 Å². The summed E-state index contributed by atoms with van der Waals surface area (Å²) in [5.41, 5.74) is 0. The van der Waals surface area contributed by atoms with Gasteiger partial charge in [0.25, 0.3) is 0 Å². The molecule has 0 radical (unpaired) electrons. The van der Waals surface area contributed by atoms with Gasteiger partial charge >= 0.3 is 8.03 Å². The molecule has 2 nitrogen and oxygen atoms in total. The van der Waals surface area contributed by atoms with E-state index in [1.165, 1.54) is 51.4 Å². The van der Waals surface area contributed by atoms with Crippen LogP contribution >= 0.6 is 8.03 Å². The van der Waals surface area contributed by atoms with E-state index in [1.54, 1.807) is 0 Å². The van der Waals surface area contributed by atoms with Gasteiger partial charge in [-0.3, -0.25) is 0 Å². The maximum atomic E-state index is 10.4. The molecule has 0 bridgehead atoms. The molecule has 1 atom stereocenters. The zero-order valence-corrected chi connectivity index (χ0v) is 12.7. The second-order valence-corrected chi connectivity index (χ2v) is 5.41. The largest absolute Gasteiger partial charge is 0.505 e. The van der Waals surface area contributed by atoms with Crippen LogP contribution in [0.25, 0.3) is 0 Å². The zero-order chi connectivity index (χ0) is 11.4. The molecule has 0 aliphatic carbocycles. The Balaban J connectivity index is 0. The van der Waals surface area contributed by atoms with Crippen molar-refractivity contribution < 1.29 is 26.8 Å². The first-order valence-electron chi connectivity index (χ1n) is 6.41. The third kappa shape index (κ3) is 17.0. The molecule has 1 N–H and O–H groups in total. The summed E-state index contributed by atoms with van der Waals surface area (Å²) in [7, 11) is -1.89. The minimum absolute atomic E-state index is 0. The number of rotatable bonds is 11. The van der Waals surface area contributed by atoms with E-state index in [0.717, 1.165) is 12.8 Å². The molecule has 0 spiro atoms. The molecule has 1 unspecified atom stereocenters. The fraction of sp³-hybridized carbons (Fsp3) is 1.00. The normalized spacial score (nSPS) is 11.0. The maximum Gasteiger partial charge on any atom is 0.505 e. The number of unbranched alkanes of at least 4 members (excludes halogenated alkanes) is 9. The third-order valence-corrected chi connectivity index (χ3v) is 3.40. The van der Waals surface area contributed by atoms with Gasteiger partial charge in [-0.25, -0.2) is 0 Å². The third-order valence-electron chi connectivity index (χ3n) is 2.70. The topological polar surface area (TPSA) is 37.3 Å². The molecule has 0 saturated heterocycles. The van der Waals surface area contributed by atoms with E-state index in [0.29, 0.717) is 6.16 Å². The predicted molar refractivity (Wildman–Crippen MR) is 66.5 cm³/mol. The molecule has 0 aromatic rings. The van der Waals surface area contributed by atoms with Gasteiger partial charge in [0.1, 0.15) is 0 Å². The van der Waals surface area contributed by atoms with Crippen molar-refractivity contribution in [2.24, 2.45) is 0 Å². The quantitative estimate of drug-likeness (QED) is 0.443. The summed E-state index contributed by atoms with van der Waals surface area (Å²) in [4.78, 5) is 8.58. The van der Waals surface area contributed by atoms with Gasteiger partial charge in [-0.2, -0.15) is 4.89 Å². The Bertz CT molecular complexity index is 154. The standard InChI is InChI=1S/C12H25O2P.Cr/c1-2-3-4-5-6-7-8-9-10-11-12-15(13)14;/h2-12H2,1H3;/p+1. The second-order valence-electron chi connectivity index (χ2n) is 4.26. The Morgan fingerprint density at radius 1 is 0.812 bits per heavy atom. The molecular formula is C12H26CrO2P+. The van der Waals surface area contributed by atoms with Crippen LogP contribution in [0, 0.1) is 0 Å². The van der Waals surface area contributed by atoms with Crippen LogP contribution < -0.4 is 0 Å². The Morgan fingerprint density at radius 3 is 1.56 bits per heavy atom. The first-order chi connectivity index (χ1) is 7.27. The molecular weight excluding hydrogens is 259 g/mol. The van der Waals surface area contributed by atoms with E-state index in [2.05, 4.69) is 6.92 Å². The van der Waals surface area contributed by atoms with Gasteiger partial charge in [-0.05, 0) is 17.4 Å². The summed E-state index contributed by atoms with van der Waals surface area (Å²) >= 11 is 0. The minimum Gasteiger partial charge on any atom is -0.161 e. The van der Waals surface area contributed by atoms with Crippen molar-refractivity contribution in [2.45, 2.75) is 71.1 Å². The Kier molecular flexibility index (Phi) is 18.5. The van der Waals surface area contributed by atoms with Crippen LogP contribution in [0.15, 0.2) is 0 Å². The maximum absolute atomic E-state index is 10.4. The first kappa shape index (κ1) is 18.9. The fourth-order valence-electron chi connectivity index (χ4n) is 1.73. The van der Waals surface area contributed by atoms with Crippen LogP contribution in [0.2, 0.25) is 0 Å². The van der Waals surface area contributed by atoms with E-state index >= 15 is 0 Å². The summed E-state index contributed by atoms with van der Waals surface area (Å²) < 4.78 is 10.4. The Morgan fingerprint density at radius 2 is 1.19 bits per heavy atom. The van der Waals surface area contributed by atoms with E-state index in [9.17, 15) is 4.57 Å². The van der Waals surface area contributed by atoms with E-state index in [4.69, 9.17) is 4.89 Å². The molecule has 0 aliphatic heterocycles. The van der Waals surface area contributed by atoms with Gasteiger partial charge in [0.2, 0.25) is 0 Å². The first-order valence-corrected chi connectivity index (χ1v) is 7.80. The number of hydrogen-bond acceptors (Lipinski definition) is 1. The average molecular weight is 285 g/mol. The van der Waals surface area contributed by atoms with Gasteiger partial charge in [0.05, 0.1) is 0 Å². The van der Waals surface area contributed by atoms with Crippen molar-refractivity contribution in [3.8, 4) is 0 Å². The smallest absolute Gasteiger partial charge is 0.161 e. The van der Waals surface area contributed by atoms with Gasteiger partial charge in [0, 0.05) is 17.4 Å².